The molecule has 30 heavy (non-hydrogen) atoms. The van der Waals surface area contributed by atoms with Gasteiger partial charge in [0.05, 0.1) is 22.8 Å². The quantitative estimate of drug-likeness (QED) is 0.408. The van der Waals surface area contributed by atoms with Crippen molar-refractivity contribution >= 4 is 29.3 Å². The lowest BCUT2D eigenvalue weighted by atomic mass is 9.97. The van der Waals surface area contributed by atoms with E-state index in [1.807, 2.05) is 37.9 Å². The Morgan fingerprint density at radius 3 is 2.63 bits per heavy atom. The number of aryl methyl sites for hydroxylation is 1. The Labute approximate surface area is 177 Å². The third-order valence-corrected chi connectivity index (χ3v) is 4.97. The van der Waals surface area contributed by atoms with Gasteiger partial charge in [0, 0.05) is 20.0 Å². The fourth-order valence-electron chi connectivity index (χ4n) is 2.93. The van der Waals surface area contributed by atoms with Crippen LogP contribution in [0, 0.1) is 6.92 Å². The first kappa shape index (κ1) is 22.0. The molecule has 2 aromatic rings. The largest absolute Gasteiger partial charge is 0.573 e. The second-order valence-electron chi connectivity index (χ2n) is 6.89. The van der Waals surface area contributed by atoms with E-state index in [4.69, 9.17) is 16.4 Å². The number of ether oxygens (including phenoxy) is 1. The van der Waals surface area contributed by atoms with Gasteiger partial charge in [-0.2, -0.15) is 0 Å². The molecular formula is C21H21ClF3N3O2. The maximum absolute atomic E-state index is 12.3. The fraction of sp³-hybridized carbons (Fsp3) is 0.333. The lowest BCUT2D eigenvalue weighted by Gasteiger charge is -2.14. The van der Waals surface area contributed by atoms with E-state index in [0.29, 0.717) is 28.4 Å². The van der Waals surface area contributed by atoms with Gasteiger partial charge in [0.25, 0.3) is 0 Å². The third kappa shape index (κ3) is 5.44. The van der Waals surface area contributed by atoms with Crippen LogP contribution in [-0.2, 0) is 4.84 Å². The Hall–Kier alpha value is -2.74. The molecule has 0 aromatic heterocycles. The first-order valence-electron chi connectivity index (χ1n) is 9.29. The number of hydrogen-bond acceptors (Lipinski definition) is 4. The van der Waals surface area contributed by atoms with Gasteiger partial charge >= 0.3 is 6.36 Å². The summed E-state index contributed by atoms with van der Waals surface area (Å²) >= 11 is 6.40. The Kier molecular flexibility index (Phi) is 6.55. The van der Waals surface area contributed by atoms with Crippen LogP contribution in [0.2, 0.25) is 5.02 Å². The summed E-state index contributed by atoms with van der Waals surface area (Å²) in [7, 11) is 1.92. The van der Waals surface area contributed by atoms with Gasteiger partial charge in [0.1, 0.15) is 5.75 Å². The van der Waals surface area contributed by atoms with Crippen LogP contribution in [0.1, 0.15) is 36.1 Å². The number of aliphatic imine (C=N–C) groups is 1. The molecule has 1 unspecified atom stereocenters. The molecule has 1 heterocycles. The number of benzene rings is 2. The van der Waals surface area contributed by atoms with Gasteiger partial charge in [-0.15, -0.1) is 13.2 Å². The average molecular weight is 440 g/mol. The standard InChI is InChI=1S/C21H21ClF3N3O2/c1-4-28(3)12-26-19-9-13(2)16(10-17(19)22)20-11-18(27-30-20)14-5-7-15(8-6-14)29-21(23,24)25/h5-10,12,20H,4,11H2,1-3H3/b26-12-. The predicted molar refractivity (Wildman–Crippen MR) is 111 cm³/mol. The van der Waals surface area contributed by atoms with Crippen LogP contribution in [0.5, 0.6) is 5.75 Å². The lowest BCUT2D eigenvalue weighted by Crippen LogP contribution is -2.17. The number of rotatable bonds is 6. The average Bonchev–Trinajstić information content (AvgIpc) is 3.17. The molecule has 0 aliphatic carbocycles. The van der Waals surface area contributed by atoms with Gasteiger partial charge in [0.2, 0.25) is 0 Å². The minimum absolute atomic E-state index is 0.283. The molecule has 0 amide bonds. The monoisotopic (exact) mass is 439 g/mol. The van der Waals surface area contributed by atoms with E-state index in [0.717, 1.165) is 17.7 Å². The van der Waals surface area contributed by atoms with Crippen LogP contribution in [0.15, 0.2) is 46.5 Å². The van der Waals surface area contributed by atoms with Gasteiger partial charge in [-0.25, -0.2) is 4.99 Å². The molecule has 0 spiro atoms. The molecule has 1 aliphatic heterocycles. The van der Waals surface area contributed by atoms with E-state index in [1.165, 1.54) is 24.3 Å². The molecule has 5 nitrogen and oxygen atoms in total. The number of nitrogens with zero attached hydrogens (tertiary/aromatic N) is 3. The van der Waals surface area contributed by atoms with E-state index in [9.17, 15) is 13.2 Å². The normalized spacial score (nSPS) is 16.5. The van der Waals surface area contributed by atoms with Crippen molar-refractivity contribution < 1.29 is 22.7 Å². The van der Waals surface area contributed by atoms with E-state index in [1.54, 1.807) is 6.34 Å². The zero-order valence-electron chi connectivity index (χ0n) is 16.7. The smallest absolute Gasteiger partial charge is 0.406 e. The van der Waals surface area contributed by atoms with Crippen LogP contribution >= 0.6 is 11.6 Å². The molecular weight excluding hydrogens is 419 g/mol. The highest BCUT2D eigenvalue weighted by atomic mass is 35.5. The molecule has 0 N–H and O–H groups in total. The minimum atomic E-state index is -4.72. The zero-order chi connectivity index (χ0) is 21.9. The molecule has 0 saturated carbocycles. The Bertz CT molecular complexity index is 959. The van der Waals surface area contributed by atoms with Gasteiger partial charge in [-0.05, 0) is 66.9 Å². The summed E-state index contributed by atoms with van der Waals surface area (Å²) in [5, 5.41) is 4.61. The molecule has 0 bridgehead atoms. The molecule has 0 radical (unpaired) electrons. The second kappa shape index (κ2) is 8.95. The van der Waals surface area contributed by atoms with Crippen LogP contribution in [-0.4, -0.2) is 36.9 Å². The summed E-state index contributed by atoms with van der Waals surface area (Å²) in [5.41, 5.74) is 3.82. The van der Waals surface area contributed by atoms with Crippen LogP contribution in [0.4, 0.5) is 18.9 Å². The second-order valence-corrected chi connectivity index (χ2v) is 7.29. The van der Waals surface area contributed by atoms with Gasteiger partial charge in [-0.1, -0.05) is 16.8 Å². The summed E-state index contributed by atoms with van der Waals surface area (Å²) in [4.78, 5) is 11.9. The summed E-state index contributed by atoms with van der Waals surface area (Å²) < 4.78 is 40.8. The zero-order valence-corrected chi connectivity index (χ0v) is 17.5. The maximum atomic E-state index is 12.3. The molecule has 3 rings (SSSR count). The van der Waals surface area contributed by atoms with E-state index in [2.05, 4.69) is 14.9 Å². The number of hydrogen-bond donors (Lipinski definition) is 0. The Balaban J connectivity index is 1.71. The molecule has 160 valence electrons. The highest BCUT2D eigenvalue weighted by molar-refractivity contribution is 6.33. The van der Waals surface area contributed by atoms with Crippen molar-refractivity contribution in [1.29, 1.82) is 0 Å². The van der Waals surface area contributed by atoms with Crippen molar-refractivity contribution in [2.24, 2.45) is 10.1 Å². The highest BCUT2D eigenvalue weighted by Gasteiger charge is 2.31. The SMILES string of the molecule is CCN(C)/C=N\c1cc(C)c(C2CC(c3ccc(OC(F)(F)F)cc3)=NO2)cc1Cl. The molecule has 0 saturated heterocycles. The van der Waals surface area contributed by atoms with Crippen molar-refractivity contribution in [2.75, 3.05) is 13.6 Å². The number of alkyl halides is 3. The van der Waals surface area contributed by atoms with Crippen molar-refractivity contribution in [3.63, 3.8) is 0 Å². The number of oxime groups is 1. The van der Waals surface area contributed by atoms with Gasteiger partial charge in [0.15, 0.2) is 6.10 Å². The summed E-state index contributed by atoms with van der Waals surface area (Å²) in [6, 6.07) is 9.25. The summed E-state index contributed by atoms with van der Waals surface area (Å²) in [6.07, 6.45) is -2.86. The fourth-order valence-corrected chi connectivity index (χ4v) is 3.15. The molecule has 9 heteroatoms. The van der Waals surface area contributed by atoms with E-state index >= 15 is 0 Å². The number of halogens is 4. The Morgan fingerprint density at radius 1 is 1.30 bits per heavy atom. The molecule has 1 atom stereocenters. The minimum Gasteiger partial charge on any atom is -0.406 e. The third-order valence-electron chi connectivity index (χ3n) is 4.67. The van der Waals surface area contributed by atoms with E-state index < -0.39 is 6.36 Å². The van der Waals surface area contributed by atoms with Crippen LogP contribution in [0.25, 0.3) is 0 Å². The van der Waals surface area contributed by atoms with Crippen molar-refractivity contribution in [2.45, 2.75) is 32.7 Å². The maximum Gasteiger partial charge on any atom is 0.573 e. The van der Waals surface area contributed by atoms with Gasteiger partial charge in [-0.3, -0.25) is 0 Å². The van der Waals surface area contributed by atoms with Crippen LogP contribution < -0.4 is 4.74 Å². The van der Waals surface area contributed by atoms with Gasteiger partial charge < -0.3 is 14.5 Å². The summed E-state index contributed by atoms with van der Waals surface area (Å²) in [6.45, 7) is 4.80. The molecule has 1 aliphatic rings. The van der Waals surface area contributed by atoms with E-state index in [-0.39, 0.29) is 11.9 Å². The van der Waals surface area contributed by atoms with Crippen molar-refractivity contribution in [1.82, 2.24) is 4.90 Å². The predicted octanol–water partition coefficient (Wildman–Crippen LogP) is 6.02. The van der Waals surface area contributed by atoms with Crippen molar-refractivity contribution in [3.8, 4) is 5.75 Å². The summed E-state index contributed by atoms with van der Waals surface area (Å²) in [5.74, 6) is -0.283. The highest BCUT2D eigenvalue weighted by Crippen LogP contribution is 2.37. The Morgan fingerprint density at radius 2 is 2.00 bits per heavy atom. The topological polar surface area (TPSA) is 46.4 Å². The molecule has 0 fully saturated rings. The van der Waals surface area contributed by atoms with Crippen molar-refractivity contribution in [3.05, 3.63) is 58.1 Å². The first-order chi connectivity index (χ1) is 14.2. The lowest BCUT2D eigenvalue weighted by molar-refractivity contribution is -0.274. The first-order valence-corrected chi connectivity index (χ1v) is 9.67. The van der Waals surface area contributed by atoms with Crippen LogP contribution in [0.3, 0.4) is 0 Å². The molecule has 2 aromatic carbocycles.